The van der Waals surface area contributed by atoms with E-state index in [-0.39, 0.29) is 0 Å². The summed E-state index contributed by atoms with van der Waals surface area (Å²) < 4.78 is 0. The molecule has 0 heterocycles. The Balaban J connectivity index is 1.54. The molecule has 4 saturated carbocycles. The van der Waals surface area contributed by atoms with E-state index in [1.54, 1.807) is 19.3 Å². The van der Waals surface area contributed by atoms with Gasteiger partial charge in [-0.2, -0.15) is 0 Å². The van der Waals surface area contributed by atoms with Crippen LogP contribution in [0.3, 0.4) is 0 Å². The van der Waals surface area contributed by atoms with Crippen molar-refractivity contribution in [1.82, 2.24) is 0 Å². The zero-order valence-electron chi connectivity index (χ0n) is 18.5. The van der Waals surface area contributed by atoms with Gasteiger partial charge in [0.05, 0.1) is 0 Å². The fourth-order valence-corrected chi connectivity index (χ4v) is 7.13. The molecular formula is C28H40. The molecule has 0 heteroatoms. The van der Waals surface area contributed by atoms with Crippen LogP contribution in [0.5, 0.6) is 0 Å². The zero-order chi connectivity index (χ0) is 19.6. The van der Waals surface area contributed by atoms with Crippen molar-refractivity contribution < 1.29 is 0 Å². The van der Waals surface area contributed by atoms with Crippen LogP contribution in [0.15, 0.2) is 35.6 Å². The Hall–Kier alpha value is -1.26. The Morgan fingerprint density at radius 2 is 1.54 bits per heavy atom. The maximum atomic E-state index is 3.94. The average molecular weight is 377 g/mol. The molecule has 0 radical (unpaired) electrons. The van der Waals surface area contributed by atoms with E-state index in [0.29, 0.717) is 5.41 Å². The lowest BCUT2D eigenvalue weighted by atomic mass is 9.48. The second-order valence-corrected chi connectivity index (χ2v) is 10.7. The summed E-state index contributed by atoms with van der Waals surface area (Å²) in [6.45, 7) is 6.85. The first kappa shape index (κ1) is 20.0. The summed E-state index contributed by atoms with van der Waals surface area (Å²) in [6.07, 6.45) is 17.0. The van der Waals surface area contributed by atoms with Gasteiger partial charge in [-0.3, -0.25) is 0 Å². The minimum absolute atomic E-state index is 0.631. The quantitative estimate of drug-likeness (QED) is 0.315. The molecule has 4 bridgehead atoms. The van der Waals surface area contributed by atoms with Gasteiger partial charge in [0.2, 0.25) is 0 Å². The summed E-state index contributed by atoms with van der Waals surface area (Å²) >= 11 is 0. The predicted octanol–water partition coefficient (Wildman–Crippen LogP) is 8.50. The van der Waals surface area contributed by atoms with Crippen molar-refractivity contribution in [1.29, 1.82) is 0 Å². The molecule has 5 rings (SSSR count). The maximum Gasteiger partial charge on any atom is 0.00114 e. The highest BCUT2D eigenvalue weighted by Gasteiger charge is 2.50. The SMILES string of the molecule is CCCCCCC(=C=C(C)CC12CC3CC(CC(C3)C1)C2)c1ccc(C)cc1. The molecule has 4 aliphatic carbocycles. The third-order valence-corrected chi connectivity index (χ3v) is 7.85. The molecule has 0 unspecified atom stereocenters. The smallest absolute Gasteiger partial charge is 0.00114 e. The number of aryl methyl sites for hydroxylation is 1. The molecule has 0 saturated heterocycles. The van der Waals surface area contributed by atoms with E-state index in [1.807, 2.05) is 0 Å². The van der Waals surface area contributed by atoms with Crippen LogP contribution in [0, 0.1) is 30.1 Å². The molecule has 0 aliphatic heterocycles. The van der Waals surface area contributed by atoms with E-state index < -0.39 is 0 Å². The van der Waals surface area contributed by atoms with Gasteiger partial charge in [0.1, 0.15) is 0 Å². The van der Waals surface area contributed by atoms with Crippen LogP contribution in [0.25, 0.3) is 5.57 Å². The molecule has 4 fully saturated rings. The third-order valence-electron chi connectivity index (χ3n) is 7.85. The Labute approximate surface area is 173 Å². The van der Waals surface area contributed by atoms with E-state index in [4.69, 9.17) is 0 Å². The van der Waals surface area contributed by atoms with Gasteiger partial charge in [-0.25, -0.2) is 0 Å². The lowest BCUT2D eigenvalue weighted by molar-refractivity contribution is -0.0520. The summed E-state index contributed by atoms with van der Waals surface area (Å²) in [5.74, 6) is 3.15. The highest BCUT2D eigenvalue weighted by Crippen LogP contribution is 2.61. The number of hydrogen-bond acceptors (Lipinski definition) is 0. The molecule has 1 aromatic carbocycles. The van der Waals surface area contributed by atoms with Gasteiger partial charge in [0.25, 0.3) is 0 Å². The zero-order valence-corrected chi connectivity index (χ0v) is 18.5. The molecule has 152 valence electrons. The summed E-state index contributed by atoms with van der Waals surface area (Å²) in [5.41, 5.74) is 10.3. The molecule has 0 aromatic heterocycles. The number of rotatable bonds is 8. The van der Waals surface area contributed by atoms with Gasteiger partial charge >= 0.3 is 0 Å². The minimum atomic E-state index is 0.631. The Morgan fingerprint density at radius 3 is 2.11 bits per heavy atom. The normalized spacial score (nSPS) is 30.3. The van der Waals surface area contributed by atoms with Crippen molar-refractivity contribution in [3.05, 3.63) is 46.7 Å². The highest BCUT2D eigenvalue weighted by molar-refractivity contribution is 5.65. The van der Waals surface area contributed by atoms with E-state index in [0.717, 1.165) is 17.8 Å². The van der Waals surface area contributed by atoms with Crippen LogP contribution in [-0.4, -0.2) is 0 Å². The molecule has 4 aliphatic rings. The van der Waals surface area contributed by atoms with E-state index in [2.05, 4.69) is 50.8 Å². The van der Waals surface area contributed by atoms with Gasteiger partial charge in [0, 0.05) is 5.57 Å². The van der Waals surface area contributed by atoms with Crippen molar-refractivity contribution in [3.63, 3.8) is 0 Å². The van der Waals surface area contributed by atoms with Crippen LogP contribution in [-0.2, 0) is 0 Å². The van der Waals surface area contributed by atoms with Crippen LogP contribution < -0.4 is 0 Å². The highest BCUT2D eigenvalue weighted by atomic mass is 14.6. The predicted molar refractivity (Wildman–Crippen MR) is 121 cm³/mol. The molecule has 0 spiro atoms. The first-order chi connectivity index (χ1) is 13.5. The third kappa shape index (κ3) is 4.65. The Bertz CT molecular complexity index is 691. The second-order valence-electron chi connectivity index (χ2n) is 10.7. The van der Waals surface area contributed by atoms with Gasteiger partial charge < -0.3 is 0 Å². The topological polar surface area (TPSA) is 0 Å². The molecule has 28 heavy (non-hydrogen) atoms. The fourth-order valence-electron chi connectivity index (χ4n) is 7.13. The number of allylic oxidation sites excluding steroid dienone is 1. The van der Waals surface area contributed by atoms with Gasteiger partial charge in [-0.05, 0) is 106 Å². The first-order valence-corrected chi connectivity index (χ1v) is 12.1. The fraction of sp³-hybridized carbons (Fsp3) is 0.679. The van der Waals surface area contributed by atoms with Crippen LogP contribution in [0.2, 0.25) is 0 Å². The van der Waals surface area contributed by atoms with Crippen molar-refractivity contribution in [2.45, 2.75) is 97.8 Å². The second kappa shape index (κ2) is 8.62. The Kier molecular flexibility index (Phi) is 6.17. The van der Waals surface area contributed by atoms with E-state index >= 15 is 0 Å². The maximum absolute atomic E-state index is 3.94. The van der Waals surface area contributed by atoms with Crippen molar-refractivity contribution in [2.75, 3.05) is 0 Å². The van der Waals surface area contributed by atoms with Gasteiger partial charge in [-0.15, -0.1) is 5.73 Å². The summed E-state index contributed by atoms with van der Waals surface area (Å²) in [5, 5.41) is 0. The van der Waals surface area contributed by atoms with Crippen LogP contribution >= 0.6 is 0 Å². The molecule has 0 atom stereocenters. The molecule has 0 N–H and O–H groups in total. The molecule has 1 aromatic rings. The number of unbranched alkanes of at least 4 members (excludes halogenated alkanes) is 3. The van der Waals surface area contributed by atoms with Crippen LogP contribution in [0.4, 0.5) is 0 Å². The summed E-state index contributed by atoms with van der Waals surface area (Å²) in [6, 6.07) is 9.15. The Morgan fingerprint density at radius 1 is 0.929 bits per heavy atom. The van der Waals surface area contributed by atoms with Crippen molar-refractivity contribution >= 4 is 5.57 Å². The molecule has 0 amide bonds. The lowest BCUT2D eigenvalue weighted by Crippen LogP contribution is -2.46. The largest absolute Gasteiger partial charge is 0.118 e. The lowest BCUT2D eigenvalue weighted by Gasteiger charge is -2.57. The van der Waals surface area contributed by atoms with E-state index in [1.165, 1.54) is 80.1 Å². The average Bonchev–Trinajstić information content (AvgIpc) is 2.63. The summed E-state index contributed by atoms with van der Waals surface area (Å²) in [7, 11) is 0. The molecule has 0 nitrogen and oxygen atoms in total. The standard InChI is InChI=1S/C28H40/c1-4-5-6-7-8-27(26-11-9-21(2)10-12-26)13-22(3)17-28-18-23-14-24(19-28)16-25(15-23)20-28/h9-12,23-25H,4-8,14-20H2,1-3H3. The number of hydrogen-bond donors (Lipinski definition) is 0. The molecular weight excluding hydrogens is 336 g/mol. The first-order valence-electron chi connectivity index (χ1n) is 12.1. The monoisotopic (exact) mass is 376 g/mol. The van der Waals surface area contributed by atoms with Gasteiger partial charge in [0.15, 0.2) is 0 Å². The summed E-state index contributed by atoms with van der Waals surface area (Å²) in [4.78, 5) is 0. The van der Waals surface area contributed by atoms with E-state index in [9.17, 15) is 0 Å². The van der Waals surface area contributed by atoms with Crippen molar-refractivity contribution in [2.24, 2.45) is 23.2 Å². The minimum Gasteiger partial charge on any atom is -0.118 e. The van der Waals surface area contributed by atoms with Crippen molar-refractivity contribution in [3.8, 4) is 0 Å². The van der Waals surface area contributed by atoms with Crippen LogP contribution in [0.1, 0.15) is 102 Å². The number of benzene rings is 1. The van der Waals surface area contributed by atoms with Gasteiger partial charge in [-0.1, -0.05) is 56.0 Å².